The van der Waals surface area contributed by atoms with Crippen molar-refractivity contribution in [3.8, 4) is 11.7 Å². The number of hydrogen-bond donors (Lipinski definition) is 1. The highest BCUT2D eigenvalue weighted by Gasteiger charge is 2.16. The van der Waals surface area contributed by atoms with Crippen LogP contribution < -0.4 is 10.1 Å². The predicted molar refractivity (Wildman–Crippen MR) is 129 cm³/mol. The first-order valence-corrected chi connectivity index (χ1v) is 11.4. The molecule has 0 radical (unpaired) electrons. The molecule has 0 aliphatic heterocycles. The standard InChI is InChI=1S/C25H29N5O5/c1-5-12-34-20-8-6-19(7-9-20)21(31)10-11-24(33)35-15-23(32)28-22-14-18(4)29-30(22)25-26-16(2)13-17(3)27-25/h6-9,13-14H,5,10-12,15H2,1-4H3,(H,28,32). The molecule has 10 heteroatoms. The van der Waals surface area contributed by atoms with Crippen molar-refractivity contribution in [1.29, 1.82) is 0 Å². The zero-order valence-electron chi connectivity index (χ0n) is 20.3. The number of amides is 1. The Labute approximate surface area is 203 Å². The number of aryl methyl sites for hydroxylation is 3. The van der Waals surface area contributed by atoms with Crippen LogP contribution in [0.3, 0.4) is 0 Å². The summed E-state index contributed by atoms with van der Waals surface area (Å²) in [5.41, 5.74) is 2.67. The van der Waals surface area contributed by atoms with Gasteiger partial charge in [-0.1, -0.05) is 6.92 Å². The van der Waals surface area contributed by atoms with Crippen LogP contribution in [-0.4, -0.2) is 50.6 Å². The van der Waals surface area contributed by atoms with E-state index < -0.39 is 18.5 Å². The summed E-state index contributed by atoms with van der Waals surface area (Å²) in [4.78, 5) is 45.5. The molecule has 0 fully saturated rings. The molecular formula is C25H29N5O5. The molecule has 0 spiro atoms. The van der Waals surface area contributed by atoms with Crippen LogP contribution in [0, 0.1) is 20.8 Å². The average Bonchev–Trinajstić information content (AvgIpc) is 3.19. The predicted octanol–water partition coefficient (Wildman–Crippen LogP) is 3.52. The molecule has 3 rings (SSSR count). The van der Waals surface area contributed by atoms with E-state index in [1.54, 1.807) is 37.3 Å². The Bertz CT molecular complexity index is 1180. The number of benzene rings is 1. The maximum absolute atomic E-state index is 12.4. The zero-order chi connectivity index (χ0) is 25.4. The number of ether oxygens (including phenoxy) is 2. The highest BCUT2D eigenvalue weighted by Crippen LogP contribution is 2.16. The number of nitrogens with zero attached hydrogens (tertiary/aromatic N) is 4. The number of nitrogens with one attached hydrogen (secondary N) is 1. The molecule has 2 heterocycles. The lowest BCUT2D eigenvalue weighted by atomic mass is 10.1. The van der Waals surface area contributed by atoms with Crippen molar-refractivity contribution < 1.29 is 23.9 Å². The van der Waals surface area contributed by atoms with Gasteiger partial charge >= 0.3 is 5.97 Å². The molecule has 0 saturated carbocycles. The number of esters is 1. The smallest absolute Gasteiger partial charge is 0.306 e. The van der Waals surface area contributed by atoms with Crippen LogP contribution in [0.25, 0.3) is 5.95 Å². The molecule has 0 saturated heterocycles. The molecule has 0 aliphatic carbocycles. The number of Topliss-reactive ketones (excluding diaryl/α,β-unsaturated/α-hetero) is 1. The minimum absolute atomic E-state index is 0.0222. The third-order valence-electron chi connectivity index (χ3n) is 4.83. The molecule has 3 aromatic rings. The van der Waals surface area contributed by atoms with Gasteiger partial charge in [-0.05, 0) is 57.5 Å². The second kappa shape index (κ2) is 11.9. The lowest BCUT2D eigenvalue weighted by Gasteiger charge is -2.09. The molecular weight excluding hydrogens is 450 g/mol. The van der Waals surface area contributed by atoms with E-state index in [0.717, 1.165) is 17.8 Å². The minimum atomic E-state index is -0.640. The van der Waals surface area contributed by atoms with Crippen LogP contribution in [0.15, 0.2) is 36.4 Å². The fourth-order valence-electron chi connectivity index (χ4n) is 3.26. The summed E-state index contributed by atoms with van der Waals surface area (Å²) in [7, 11) is 0. The number of carbonyl (C=O) groups excluding carboxylic acids is 3. The van der Waals surface area contributed by atoms with Crippen molar-refractivity contribution in [3.63, 3.8) is 0 Å². The Morgan fingerprint density at radius 2 is 1.63 bits per heavy atom. The highest BCUT2D eigenvalue weighted by atomic mass is 16.5. The van der Waals surface area contributed by atoms with Crippen molar-refractivity contribution in [2.45, 2.75) is 47.0 Å². The van der Waals surface area contributed by atoms with Gasteiger partial charge in [0.25, 0.3) is 11.9 Å². The first-order valence-electron chi connectivity index (χ1n) is 11.4. The molecule has 0 aliphatic rings. The summed E-state index contributed by atoms with van der Waals surface area (Å²) < 4.78 is 11.9. The van der Waals surface area contributed by atoms with Gasteiger partial charge in [-0.2, -0.15) is 9.78 Å². The quantitative estimate of drug-likeness (QED) is 0.327. The summed E-state index contributed by atoms with van der Waals surface area (Å²) in [6.45, 7) is 7.58. The van der Waals surface area contributed by atoms with Gasteiger partial charge < -0.3 is 14.8 Å². The summed E-state index contributed by atoms with van der Waals surface area (Å²) in [6.07, 6.45) is 0.740. The number of rotatable bonds is 11. The summed E-state index contributed by atoms with van der Waals surface area (Å²) >= 11 is 0. The Kier molecular flexibility index (Phi) is 8.66. The Morgan fingerprint density at radius 3 is 2.29 bits per heavy atom. The molecule has 35 heavy (non-hydrogen) atoms. The SMILES string of the molecule is CCCOc1ccc(C(=O)CCC(=O)OCC(=O)Nc2cc(C)nn2-c2nc(C)cc(C)n2)cc1. The summed E-state index contributed by atoms with van der Waals surface area (Å²) in [5, 5.41) is 6.99. The molecule has 10 nitrogen and oxygen atoms in total. The number of hydrogen-bond acceptors (Lipinski definition) is 8. The number of aromatic nitrogens is 4. The number of carbonyl (C=O) groups is 3. The Balaban J connectivity index is 1.49. The normalized spacial score (nSPS) is 10.6. The first-order chi connectivity index (χ1) is 16.7. The maximum Gasteiger partial charge on any atom is 0.306 e. The number of anilines is 1. The molecule has 0 bridgehead atoms. The highest BCUT2D eigenvalue weighted by molar-refractivity contribution is 5.98. The molecule has 184 valence electrons. The number of ketones is 1. The molecule has 0 atom stereocenters. The molecule has 1 N–H and O–H groups in total. The average molecular weight is 480 g/mol. The molecule has 2 aromatic heterocycles. The largest absolute Gasteiger partial charge is 0.494 e. The van der Waals surface area contributed by atoms with Gasteiger partial charge in [-0.3, -0.25) is 14.4 Å². The van der Waals surface area contributed by atoms with Gasteiger partial charge in [0.15, 0.2) is 12.4 Å². The fraction of sp³-hybridized carbons (Fsp3) is 0.360. The van der Waals surface area contributed by atoms with Gasteiger partial charge in [0.1, 0.15) is 11.6 Å². The third-order valence-corrected chi connectivity index (χ3v) is 4.83. The zero-order valence-corrected chi connectivity index (χ0v) is 20.3. The topological polar surface area (TPSA) is 125 Å². The van der Waals surface area contributed by atoms with Crippen molar-refractivity contribution in [2.24, 2.45) is 0 Å². The minimum Gasteiger partial charge on any atom is -0.494 e. The first kappa shape index (κ1) is 25.5. The second-order valence-corrected chi connectivity index (χ2v) is 8.04. The van der Waals surface area contributed by atoms with E-state index in [-0.39, 0.29) is 18.6 Å². The summed E-state index contributed by atoms with van der Waals surface area (Å²) in [6, 6.07) is 10.3. The van der Waals surface area contributed by atoms with E-state index in [9.17, 15) is 14.4 Å². The molecule has 1 aromatic carbocycles. The van der Waals surface area contributed by atoms with E-state index in [1.807, 2.05) is 26.8 Å². The maximum atomic E-state index is 12.4. The van der Waals surface area contributed by atoms with Gasteiger partial charge in [0.05, 0.1) is 18.7 Å². The van der Waals surface area contributed by atoms with Crippen LogP contribution in [0.2, 0.25) is 0 Å². The van der Waals surface area contributed by atoms with Crippen LogP contribution in [0.1, 0.15) is 53.6 Å². The van der Waals surface area contributed by atoms with E-state index >= 15 is 0 Å². The van der Waals surface area contributed by atoms with Crippen LogP contribution in [0.4, 0.5) is 5.82 Å². The van der Waals surface area contributed by atoms with E-state index in [2.05, 4.69) is 20.4 Å². The fourth-order valence-corrected chi connectivity index (χ4v) is 3.26. The molecule has 1 amide bonds. The lowest BCUT2D eigenvalue weighted by molar-refractivity contribution is -0.147. The van der Waals surface area contributed by atoms with Crippen LogP contribution in [-0.2, 0) is 14.3 Å². The molecule has 0 unspecified atom stereocenters. The Morgan fingerprint density at radius 1 is 0.943 bits per heavy atom. The van der Waals surface area contributed by atoms with Crippen molar-refractivity contribution in [2.75, 3.05) is 18.5 Å². The van der Waals surface area contributed by atoms with Crippen molar-refractivity contribution in [3.05, 3.63) is 59.0 Å². The monoisotopic (exact) mass is 479 g/mol. The summed E-state index contributed by atoms with van der Waals surface area (Å²) in [5.74, 6) is -0.00576. The second-order valence-electron chi connectivity index (χ2n) is 8.04. The van der Waals surface area contributed by atoms with Crippen molar-refractivity contribution >= 4 is 23.5 Å². The van der Waals surface area contributed by atoms with Crippen LogP contribution >= 0.6 is 0 Å². The lowest BCUT2D eigenvalue weighted by Crippen LogP contribution is -2.23. The van der Waals surface area contributed by atoms with Gasteiger partial charge in [-0.15, -0.1) is 0 Å². The van der Waals surface area contributed by atoms with Gasteiger partial charge in [-0.25, -0.2) is 9.97 Å². The Hall–Kier alpha value is -4.08. The van der Waals surface area contributed by atoms with E-state index in [0.29, 0.717) is 35.4 Å². The van der Waals surface area contributed by atoms with E-state index in [4.69, 9.17) is 9.47 Å². The van der Waals surface area contributed by atoms with Crippen molar-refractivity contribution in [1.82, 2.24) is 19.7 Å². The van der Waals surface area contributed by atoms with Crippen LogP contribution in [0.5, 0.6) is 5.75 Å². The van der Waals surface area contributed by atoms with Gasteiger partial charge in [0, 0.05) is 29.4 Å². The third kappa shape index (κ3) is 7.46. The van der Waals surface area contributed by atoms with E-state index in [1.165, 1.54) is 4.68 Å². The van der Waals surface area contributed by atoms with Gasteiger partial charge in [0.2, 0.25) is 0 Å².